The number of fused-ring (bicyclic) bond motifs is 1. The molecule has 1 saturated heterocycles. The highest BCUT2D eigenvalue weighted by atomic mass is 16.8. The van der Waals surface area contributed by atoms with Crippen LogP contribution in [0.1, 0.15) is 18.9 Å². The van der Waals surface area contributed by atoms with E-state index in [1.807, 2.05) is 18.2 Å². The molecule has 1 aliphatic carbocycles. The lowest BCUT2D eigenvalue weighted by Gasteiger charge is -2.45. The van der Waals surface area contributed by atoms with Gasteiger partial charge in [-0.25, -0.2) is 4.79 Å². The van der Waals surface area contributed by atoms with Crippen LogP contribution in [0.3, 0.4) is 0 Å². The SMILES string of the molecule is C[C@]1(OC(=O)C=Cc2ccccc2)C[C@@H](O)[C@]2(O)C=CO[C@@H](O[C@@H]3O[C@H](CO)[C@@H](O)[C@H](O)[C@H]3O)[C@H]21. The summed E-state index contributed by atoms with van der Waals surface area (Å²) in [4.78, 5) is 12.6. The summed E-state index contributed by atoms with van der Waals surface area (Å²) in [6.07, 6.45) is -5.57. The molecule has 35 heavy (non-hydrogen) atoms. The average molecular weight is 494 g/mol. The summed E-state index contributed by atoms with van der Waals surface area (Å²) in [5.74, 6) is -1.90. The van der Waals surface area contributed by atoms with Crippen molar-refractivity contribution in [3.8, 4) is 0 Å². The molecule has 0 bridgehead atoms. The van der Waals surface area contributed by atoms with Crippen molar-refractivity contribution in [2.24, 2.45) is 5.92 Å². The van der Waals surface area contributed by atoms with Gasteiger partial charge in [0.1, 0.15) is 35.6 Å². The average Bonchev–Trinajstić information content (AvgIpc) is 3.03. The molecule has 2 aliphatic heterocycles. The predicted octanol–water partition coefficient (Wildman–Crippen LogP) is -1.20. The Bertz CT molecular complexity index is 950. The van der Waals surface area contributed by atoms with E-state index in [4.69, 9.17) is 18.9 Å². The van der Waals surface area contributed by atoms with Crippen molar-refractivity contribution in [2.75, 3.05) is 6.61 Å². The molecule has 4 rings (SSSR count). The second-order valence-electron chi connectivity index (χ2n) is 9.20. The van der Waals surface area contributed by atoms with E-state index in [1.165, 1.54) is 19.1 Å². The number of hydrogen-bond acceptors (Lipinski definition) is 11. The van der Waals surface area contributed by atoms with Gasteiger partial charge in [0, 0.05) is 12.5 Å². The molecule has 0 unspecified atom stereocenters. The second-order valence-corrected chi connectivity index (χ2v) is 9.20. The van der Waals surface area contributed by atoms with E-state index in [9.17, 15) is 35.4 Å². The Morgan fingerprint density at radius 2 is 1.83 bits per heavy atom. The van der Waals surface area contributed by atoms with Crippen LogP contribution in [0.15, 0.2) is 48.7 Å². The minimum absolute atomic E-state index is 0.151. The molecule has 0 spiro atoms. The van der Waals surface area contributed by atoms with E-state index in [0.29, 0.717) is 0 Å². The second kappa shape index (κ2) is 9.96. The summed E-state index contributed by atoms with van der Waals surface area (Å²) in [5.41, 5.74) is -2.62. The summed E-state index contributed by atoms with van der Waals surface area (Å²) in [5, 5.41) is 61.7. The highest BCUT2D eigenvalue weighted by molar-refractivity contribution is 5.87. The summed E-state index contributed by atoms with van der Waals surface area (Å²) in [6.45, 7) is 0.852. The predicted molar refractivity (Wildman–Crippen MR) is 118 cm³/mol. The zero-order valence-electron chi connectivity index (χ0n) is 19.0. The Balaban J connectivity index is 1.55. The Kier molecular flexibility index (Phi) is 7.32. The third-order valence-electron chi connectivity index (χ3n) is 6.77. The standard InChI is InChI=1S/C24H30O11/c1-23(35-16(27)8-7-13-5-3-2-4-6-13)11-15(26)24(31)9-10-32-22(20(23)24)34-21-19(30)18(29)17(28)14(12-25)33-21/h2-10,14-15,17-22,25-26,28-31H,11-12H2,1H3/t14-,15-,17-,18+,19-,20+,21+,22+,23+,24-/m1/s1. The minimum Gasteiger partial charge on any atom is -0.472 e. The number of carbonyl (C=O) groups is 1. The maximum absolute atomic E-state index is 12.6. The molecule has 2 fully saturated rings. The lowest BCUT2D eigenvalue weighted by molar-refractivity contribution is -0.351. The summed E-state index contributed by atoms with van der Waals surface area (Å²) < 4.78 is 22.3. The van der Waals surface area contributed by atoms with Gasteiger partial charge in [-0.15, -0.1) is 0 Å². The number of aliphatic hydroxyl groups is 6. The maximum atomic E-state index is 12.6. The number of aliphatic hydroxyl groups excluding tert-OH is 5. The number of hydrogen-bond donors (Lipinski definition) is 6. The lowest BCUT2D eigenvalue weighted by Crippen LogP contribution is -2.62. The number of ether oxygens (including phenoxy) is 4. The Hall–Kier alpha value is -2.35. The monoisotopic (exact) mass is 494 g/mol. The number of esters is 1. The van der Waals surface area contributed by atoms with Crippen LogP contribution in [0.5, 0.6) is 0 Å². The fourth-order valence-corrected chi connectivity index (χ4v) is 4.92. The van der Waals surface area contributed by atoms with Crippen LogP contribution in [0.25, 0.3) is 6.08 Å². The van der Waals surface area contributed by atoms with Crippen molar-refractivity contribution in [3.63, 3.8) is 0 Å². The van der Waals surface area contributed by atoms with Gasteiger partial charge in [0.05, 0.1) is 24.9 Å². The molecule has 2 heterocycles. The van der Waals surface area contributed by atoms with Crippen LogP contribution in [-0.2, 0) is 23.7 Å². The summed E-state index contributed by atoms with van der Waals surface area (Å²) in [6, 6.07) is 9.06. The number of carbonyl (C=O) groups excluding carboxylic acids is 1. The molecule has 11 nitrogen and oxygen atoms in total. The molecule has 3 aliphatic rings. The number of rotatable bonds is 6. The summed E-state index contributed by atoms with van der Waals surface area (Å²) in [7, 11) is 0. The van der Waals surface area contributed by atoms with Gasteiger partial charge >= 0.3 is 5.97 Å². The molecule has 192 valence electrons. The van der Waals surface area contributed by atoms with Crippen molar-refractivity contribution in [3.05, 3.63) is 54.3 Å². The van der Waals surface area contributed by atoms with Crippen molar-refractivity contribution < 1.29 is 54.4 Å². The normalized spacial score (nSPS) is 43.1. The third kappa shape index (κ3) is 4.86. The number of benzene rings is 1. The van der Waals surface area contributed by atoms with Crippen molar-refractivity contribution >= 4 is 12.0 Å². The first-order valence-corrected chi connectivity index (χ1v) is 11.2. The first-order valence-electron chi connectivity index (χ1n) is 11.2. The fourth-order valence-electron chi connectivity index (χ4n) is 4.92. The van der Waals surface area contributed by atoms with E-state index in [0.717, 1.165) is 11.8 Å². The molecular weight excluding hydrogens is 464 g/mol. The quantitative estimate of drug-likeness (QED) is 0.207. The van der Waals surface area contributed by atoms with Gasteiger partial charge < -0.3 is 49.6 Å². The van der Waals surface area contributed by atoms with Crippen molar-refractivity contribution in [2.45, 2.75) is 67.6 Å². The van der Waals surface area contributed by atoms with Gasteiger partial charge in [0.25, 0.3) is 0 Å². The van der Waals surface area contributed by atoms with E-state index >= 15 is 0 Å². The smallest absolute Gasteiger partial charge is 0.331 e. The van der Waals surface area contributed by atoms with E-state index in [2.05, 4.69) is 0 Å². The molecule has 1 aromatic carbocycles. The van der Waals surface area contributed by atoms with Crippen LogP contribution >= 0.6 is 0 Å². The van der Waals surface area contributed by atoms with Gasteiger partial charge in [-0.05, 0) is 24.6 Å². The molecule has 0 aromatic heterocycles. The van der Waals surface area contributed by atoms with Gasteiger partial charge in [-0.1, -0.05) is 30.3 Å². The topological polar surface area (TPSA) is 175 Å². The lowest BCUT2D eigenvalue weighted by atomic mass is 9.81. The maximum Gasteiger partial charge on any atom is 0.331 e. The third-order valence-corrected chi connectivity index (χ3v) is 6.77. The van der Waals surface area contributed by atoms with E-state index < -0.39 is 72.8 Å². The molecular formula is C24H30O11. The highest BCUT2D eigenvalue weighted by Gasteiger charge is 2.66. The zero-order chi connectivity index (χ0) is 25.4. The summed E-state index contributed by atoms with van der Waals surface area (Å²) >= 11 is 0. The van der Waals surface area contributed by atoms with E-state index in [1.54, 1.807) is 18.2 Å². The van der Waals surface area contributed by atoms with Crippen LogP contribution in [0.2, 0.25) is 0 Å². The molecule has 1 saturated carbocycles. The largest absolute Gasteiger partial charge is 0.472 e. The van der Waals surface area contributed by atoms with Crippen molar-refractivity contribution in [1.82, 2.24) is 0 Å². The minimum atomic E-state index is -1.91. The van der Waals surface area contributed by atoms with Crippen LogP contribution in [0, 0.1) is 5.92 Å². The van der Waals surface area contributed by atoms with Crippen molar-refractivity contribution in [1.29, 1.82) is 0 Å². The van der Waals surface area contributed by atoms with Crippen LogP contribution in [-0.4, -0.2) is 97.5 Å². The highest BCUT2D eigenvalue weighted by Crippen LogP contribution is 2.51. The van der Waals surface area contributed by atoms with Gasteiger partial charge in [-0.2, -0.15) is 0 Å². The molecule has 0 amide bonds. The van der Waals surface area contributed by atoms with Gasteiger partial charge in [-0.3, -0.25) is 0 Å². The molecule has 6 N–H and O–H groups in total. The van der Waals surface area contributed by atoms with Crippen LogP contribution < -0.4 is 0 Å². The first kappa shape index (κ1) is 25.7. The van der Waals surface area contributed by atoms with Gasteiger partial charge in [0.2, 0.25) is 6.29 Å². The Morgan fingerprint density at radius 3 is 2.51 bits per heavy atom. The molecule has 0 radical (unpaired) electrons. The first-order chi connectivity index (χ1) is 16.6. The van der Waals surface area contributed by atoms with E-state index in [-0.39, 0.29) is 6.42 Å². The Labute approximate surface area is 201 Å². The van der Waals surface area contributed by atoms with Crippen LogP contribution in [0.4, 0.5) is 0 Å². The molecule has 10 atom stereocenters. The fraction of sp³-hybridized carbons (Fsp3) is 0.542. The zero-order valence-corrected chi connectivity index (χ0v) is 19.0. The van der Waals surface area contributed by atoms with Gasteiger partial charge in [0.15, 0.2) is 6.29 Å². The molecule has 11 heteroatoms. The molecule has 1 aromatic rings. The Morgan fingerprint density at radius 1 is 1.11 bits per heavy atom.